The van der Waals surface area contributed by atoms with Crippen LogP contribution >= 0.6 is 22.9 Å². The number of hydrogen-bond acceptors (Lipinski definition) is 6. The average molecular weight is 480 g/mol. The lowest BCUT2D eigenvalue weighted by Gasteiger charge is -2.34. The number of amides is 1. The van der Waals surface area contributed by atoms with Crippen LogP contribution in [0.3, 0.4) is 0 Å². The van der Waals surface area contributed by atoms with E-state index in [1.165, 1.54) is 39.9 Å². The Morgan fingerprint density at radius 3 is 2.48 bits per heavy atom. The van der Waals surface area contributed by atoms with Crippen LogP contribution in [0, 0.1) is 6.92 Å². The van der Waals surface area contributed by atoms with Gasteiger partial charge >= 0.3 is 0 Å². The highest BCUT2D eigenvalue weighted by atomic mass is 35.5. The van der Waals surface area contributed by atoms with Gasteiger partial charge in [-0.1, -0.05) is 22.9 Å². The number of hydrogen-bond donors (Lipinski definition) is 1. The van der Waals surface area contributed by atoms with Crippen LogP contribution in [0.15, 0.2) is 41.3 Å². The van der Waals surface area contributed by atoms with Crippen molar-refractivity contribution >= 4 is 54.2 Å². The van der Waals surface area contributed by atoms with Crippen LogP contribution in [-0.2, 0) is 14.8 Å². The van der Waals surface area contributed by atoms with Gasteiger partial charge in [-0.05, 0) is 62.7 Å². The summed E-state index contributed by atoms with van der Waals surface area (Å²) in [6.07, 6.45) is -0.341. The van der Waals surface area contributed by atoms with E-state index in [1.54, 1.807) is 0 Å². The van der Waals surface area contributed by atoms with E-state index in [2.05, 4.69) is 10.3 Å². The number of morpholine rings is 1. The molecule has 4 rings (SSSR count). The normalized spacial score (nSPS) is 20.1. The molecule has 2 heterocycles. The molecule has 0 radical (unpaired) electrons. The number of carbonyl (C=O) groups excluding carboxylic acids is 1. The first-order valence-electron chi connectivity index (χ1n) is 9.77. The molecule has 31 heavy (non-hydrogen) atoms. The van der Waals surface area contributed by atoms with E-state index in [4.69, 9.17) is 16.3 Å². The highest BCUT2D eigenvalue weighted by Crippen LogP contribution is 2.31. The van der Waals surface area contributed by atoms with Crippen molar-refractivity contribution in [3.8, 4) is 0 Å². The van der Waals surface area contributed by atoms with E-state index in [0.717, 1.165) is 15.8 Å². The highest BCUT2D eigenvalue weighted by Gasteiger charge is 2.32. The maximum absolute atomic E-state index is 13.0. The second-order valence-corrected chi connectivity index (χ2v) is 11.1. The number of carbonyl (C=O) groups is 1. The molecular weight excluding hydrogens is 458 g/mol. The SMILES string of the molecule is Cc1cc(Cl)cc2sc(NC(=O)c3ccc(S(=O)(=O)N4C[C@@H](C)O[C@@H](C)C4)cc3)nc12. The van der Waals surface area contributed by atoms with Gasteiger partial charge in [0.15, 0.2) is 5.13 Å². The minimum absolute atomic E-state index is 0.149. The fourth-order valence-corrected chi connectivity index (χ4v) is 6.54. The third kappa shape index (κ3) is 4.61. The maximum atomic E-state index is 13.0. The lowest BCUT2D eigenvalue weighted by molar-refractivity contribution is -0.0440. The summed E-state index contributed by atoms with van der Waals surface area (Å²) in [5.41, 5.74) is 2.07. The first-order valence-corrected chi connectivity index (χ1v) is 12.4. The van der Waals surface area contributed by atoms with E-state index >= 15 is 0 Å². The molecule has 10 heteroatoms. The van der Waals surface area contributed by atoms with Gasteiger partial charge in [-0.2, -0.15) is 4.31 Å². The van der Waals surface area contributed by atoms with Crippen LogP contribution in [0.2, 0.25) is 5.02 Å². The molecule has 0 bridgehead atoms. The van der Waals surface area contributed by atoms with Crippen molar-refractivity contribution in [1.82, 2.24) is 9.29 Å². The maximum Gasteiger partial charge on any atom is 0.257 e. The second kappa shape index (κ2) is 8.48. The number of ether oxygens (including phenoxy) is 1. The van der Waals surface area contributed by atoms with Crippen molar-refractivity contribution in [2.24, 2.45) is 0 Å². The predicted octanol–water partition coefficient (Wildman–Crippen LogP) is 4.31. The molecule has 0 unspecified atom stereocenters. The smallest absolute Gasteiger partial charge is 0.257 e. The molecule has 1 saturated heterocycles. The summed E-state index contributed by atoms with van der Waals surface area (Å²) in [6.45, 7) is 6.22. The third-order valence-electron chi connectivity index (χ3n) is 5.01. The Kier molecular flexibility index (Phi) is 6.06. The van der Waals surface area contributed by atoms with Crippen molar-refractivity contribution in [2.45, 2.75) is 37.9 Å². The van der Waals surface area contributed by atoms with E-state index in [-0.39, 0.29) is 23.0 Å². The van der Waals surface area contributed by atoms with Gasteiger partial charge in [-0.3, -0.25) is 10.1 Å². The standard InChI is InChI=1S/C21H22ClN3O4S2/c1-12-8-16(22)9-18-19(12)23-21(30-18)24-20(26)15-4-6-17(7-5-15)31(27,28)25-10-13(2)29-14(3)11-25/h4-9,13-14H,10-11H2,1-3H3,(H,23,24,26)/t13-,14+. The number of fused-ring (bicyclic) bond motifs is 1. The van der Waals surface area contributed by atoms with E-state index in [9.17, 15) is 13.2 Å². The molecule has 1 aromatic heterocycles. The zero-order valence-electron chi connectivity index (χ0n) is 17.3. The molecule has 1 amide bonds. The van der Waals surface area contributed by atoms with Crippen LogP contribution in [0.5, 0.6) is 0 Å². The minimum Gasteiger partial charge on any atom is -0.373 e. The molecule has 1 fully saturated rings. The van der Waals surface area contributed by atoms with E-state index in [1.807, 2.05) is 32.9 Å². The number of sulfonamides is 1. The second-order valence-electron chi connectivity index (χ2n) is 7.65. The van der Waals surface area contributed by atoms with Gasteiger partial charge in [0.05, 0.1) is 27.3 Å². The van der Waals surface area contributed by atoms with Gasteiger partial charge in [0.1, 0.15) is 0 Å². The summed E-state index contributed by atoms with van der Waals surface area (Å²) < 4.78 is 33.8. The fraction of sp³-hybridized carbons (Fsp3) is 0.333. The van der Waals surface area contributed by atoms with Crippen LogP contribution in [-0.4, -0.2) is 48.9 Å². The van der Waals surface area contributed by atoms with E-state index in [0.29, 0.717) is 28.8 Å². The quantitative estimate of drug-likeness (QED) is 0.602. The summed E-state index contributed by atoms with van der Waals surface area (Å²) in [4.78, 5) is 17.3. The molecule has 164 valence electrons. The number of rotatable bonds is 4. The number of aromatic nitrogens is 1. The molecule has 0 spiro atoms. The van der Waals surface area contributed by atoms with Crippen LogP contribution in [0.4, 0.5) is 5.13 Å². The van der Waals surface area contributed by atoms with Crippen molar-refractivity contribution in [3.63, 3.8) is 0 Å². The largest absolute Gasteiger partial charge is 0.373 e. The molecule has 7 nitrogen and oxygen atoms in total. The zero-order valence-corrected chi connectivity index (χ0v) is 19.6. The number of nitrogens with zero attached hydrogens (tertiary/aromatic N) is 2. The molecule has 2 atom stereocenters. The van der Waals surface area contributed by atoms with Crippen LogP contribution < -0.4 is 5.32 Å². The molecule has 1 N–H and O–H groups in total. The molecule has 2 aromatic carbocycles. The number of benzene rings is 2. The minimum atomic E-state index is -3.66. The lowest BCUT2D eigenvalue weighted by atomic mass is 10.2. The summed E-state index contributed by atoms with van der Waals surface area (Å²) in [6, 6.07) is 9.55. The summed E-state index contributed by atoms with van der Waals surface area (Å²) in [5, 5.41) is 3.85. The molecule has 1 aliphatic rings. The van der Waals surface area contributed by atoms with Crippen LogP contribution in [0.1, 0.15) is 29.8 Å². The van der Waals surface area contributed by atoms with Crippen molar-refractivity contribution in [2.75, 3.05) is 18.4 Å². The lowest BCUT2D eigenvalue weighted by Crippen LogP contribution is -2.48. The molecule has 3 aromatic rings. The van der Waals surface area contributed by atoms with E-state index < -0.39 is 10.0 Å². The Hall–Kier alpha value is -2.04. The molecule has 1 aliphatic heterocycles. The Labute approximate surface area is 190 Å². The molecule has 0 aliphatic carbocycles. The summed E-state index contributed by atoms with van der Waals surface area (Å²) in [7, 11) is -3.66. The number of halogens is 1. The van der Waals surface area contributed by atoms with Gasteiger partial charge in [0.2, 0.25) is 10.0 Å². The zero-order chi connectivity index (χ0) is 22.3. The molecule has 0 saturated carbocycles. The first kappa shape index (κ1) is 22.2. The van der Waals surface area contributed by atoms with Crippen molar-refractivity contribution in [3.05, 3.63) is 52.5 Å². The Bertz CT molecular complexity index is 1230. The van der Waals surface area contributed by atoms with Gasteiger partial charge in [-0.15, -0.1) is 0 Å². The van der Waals surface area contributed by atoms with Crippen LogP contribution in [0.25, 0.3) is 10.2 Å². The van der Waals surface area contributed by atoms with Gasteiger partial charge < -0.3 is 4.74 Å². The van der Waals surface area contributed by atoms with Crippen molar-refractivity contribution < 1.29 is 17.9 Å². The number of nitrogens with one attached hydrogen (secondary N) is 1. The van der Waals surface area contributed by atoms with Gasteiger partial charge in [-0.25, -0.2) is 13.4 Å². The topological polar surface area (TPSA) is 88.6 Å². The summed E-state index contributed by atoms with van der Waals surface area (Å²) >= 11 is 7.42. The molecular formula is C21H22ClN3O4S2. The Balaban J connectivity index is 1.51. The summed E-state index contributed by atoms with van der Waals surface area (Å²) in [5.74, 6) is -0.361. The van der Waals surface area contributed by atoms with Gasteiger partial charge in [0, 0.05) is 23.7 Å². The number of anilines is 1. The third-order valence-corrected chi connectivity index (χ3v) is 7.99. The fourth-order valence-electron chi connectivity index (χ4n) is 3.63. The van der Waals surface area contributed by atoms with Gasteiger partial charge in [0.25, 0.3) is 5.91 Å². The first-order chi connectivity index (χ1) is 14.6. The monoisotopic (exact) mass is 479 g/mol. The highest BCUT2D eigenvalue weighted by molar-refractivity contribution is 7.89. The number of thiazole rings is 1. The van der Waals surface area contributed by atoms with Crippen molar-refractivity contribution in [1.29, 1.82) is 0 Å². The predicted molar refractivity (Wildman–Crippen MR) is 123 cm³/mol. The number of aryl methyl sites for hydroxylation is 1. The Morgan fingerprint density at radius 1 is 1.19 bits per heavy atom. The Morgan fingerprint density at radius 2 is 1.84 bits per heavy atom. The average Bonchev–Trinajstić information content (AvgIpc) is 3.10.